The fraction of sp³-hybridized carbons (Fsp3) is 0.400. The summed E-state index contributed by atoms with van der Waals surface area (Å²) in [5.41, 5.74) is 2.40. The predicted octanol–water partition coefficient (Wildman–Crippen LogP) is 2.48. The van der Waals surface area contributed by atoms with Crippen LogP contribution in [-0.4, -0.2) is 32.5 Å². The summed E-state index contributed by atoms with van der Waals surface area (Å²) < 4.78 is 0. The Balaban J connectivity index is 1.88. The summed E-state index contributed by atoms with van der Waals surface area (Å²) in [6, 6.07) is 7.60. The van der Waals surface area contributed by atoms with E-state index < -0.39 is 0 Å². The number of carbonyl (C=O) groups excluding carboxylic acids is 1. The van der Waals surface area contributed by atoms with E-state index in [2.05, 4.69) is 15.2 Å². The lowest BCUT2D eigenvalue weighted by molar-refractivity contribution is 0.0599. The molecule has 5 nitrogen and oxygen atoms in total. The minimum absolute atomic E-state index is 0.00741. The van der Waals surface area contributed by atoms with Crippen LogP contribution in [0, 0.1) is 6.92 Å². The number of hydrogen-bond donors (Lipinski definition) is 1. The summed E-state index contributed by atoms with van der Waals surface area (Å²) in [5.74, 6) is 0.00741. The number of hydrogen-bond acceptors (Lipinski definition) is 3. The number of H-pyrrole nitrogens is 1. The quantitative estimate of drug-likeness (QED) is 0.912. The van der Waals surface area contributed by atoms with Gasteiger partial charge in [0.05, 0.1) is 11.7 Å². The number of pyridine rings is 1. The maximum absolute atomic E-state index is 12.7. The molecule has 1 amide bonds. The van der Waals surface area contributed by atoms with Crippen LogP contribution in [0.2, 0.25) is 0 Å². The monoisotopic (exact) mass is 270 g/mol. The van der Waals surface area contributed by atoms with Crippen molar-refractivity contribution in [2.24, 2.45) is 0 Å². The van der Waals surface area contributed by atoms with Crippen molar-refractivity contribution in [1.29, 1.82) is 0 Å². The number of aromatic nitrogens is 3. The molecule has 0 spiro atoms. The van der Waals surface area contributed by atoms with Gasteiger partial charge in [-0.05, 0) is 44.4 Å². The van der Waals surface area contributed by atoms with Gasteiger partial charge in [-0.2, -0.15) is 5.10 Å². The van der Waals surface area contributed by atoms with Crippen molar-refractivity contribution in [3.05, 3.63) is 47.5 Å². The molecule has 1 aliphatic rings. The summed E-state index contributed by atoms with van der Waals surface area (Å²) in [5, 5.41) is 6.99. The van der Waals surface area contributed by atoms with Crippen LogP contribution in [-0.2, 0) is 0 Å². The van der Waals surface area contributed by atoms with Crippen molar-refractivity contribution in [3.63, 3.8) is 0 Å². The number of carbonyl (C=O) groups is 1. The standard InChI is InChI=1S/C15H18N4O/c1-11-5-4-6-13(17-11)15(20)19-10-3-2-7-14(19)12-8-9-16-18-12/h4-6,8-9,14H,2-3,7,10H2,1H3,(H,16,18). The van der Waals surface area contributed by atoms with Crippen molar-refractivity contribution in [3.8, 4) is 0 Å². The first kappa shape index (κ1) is 12.8. The second-order valence-corrected chi connectivity index (χ2v) is 5.19. The number of aromatic amines is 1. The van der Waals surface area contributed by atoms with Crippen molar-refractivity contribution in [1.82, 2.24) is 20.1 Å². The molecular weight excluding hydrogens is 252 g/mol. The Kier molecular flexibility index (Phi) is 3.50. The molecule has 2 aromatic rings. The Morgan fingerprint density at radius 3 is 3.00 bits per heavy atom. The topological polar surface area (TPSA) is 61.9 Å². The molecule has 0 aliphatic carbocycles. The van der Waals surface area contributed by atoms with Crippen LogP contribution >= 0.6 is 0 Å². The van der Waals surface area contributed by atoms with Crippen LogP contribution in [0.1, 0.15) is 47.2 Å². The highest BCUT2D eigenvalue weighted by Gasteiger charge is 2.30. The smallest absolute Gasteiger partial charge is 0.273 e. The van der Waals surface area contributed by atoms with E-state index in [1.54, 1.807) is 12.3 Å². The zero-order chi connectivity index (χ0) is 13.9. The van der Waals surface area contributed by atoms with Crippen LogP contribution < -0.4 is 0 Å². The highest BCUT2D eigenvalue weighted by molar-refractivity contribution is 5.92. The summed E-state index contributed by atoms with van der Waals surface area (Å²) in [4.78, 5) is 18.9. The maximum atomic E-state index is 12.7. The number of rotatable bonds is 2. The molecule has 1 fully saturated rings. The van der Waals surface area contributed by atoms with Gasteiger partial charge in [-0.3, -0.25) is 9.89 Å². The van der Waals surface area contributed by atoms with Gasteiger partial charge in [0, 0.05) is 18.4 Å². The van der Waals surface area contributed by atoms with Crippen LogP contribution in [0.25, 0.3) is 0 Å². The van der Waals surface area contributed by atoms with E-state index in [4.69, 9.17) is 0 Å². The summed E-state index contributed by atoms with van der Waals surface area (Å²) in [6.07, 6.45) is 4.88. The predicted molar refractivity (Wildman–Crippen MR) is 75.2 cm³/mol. The van der Waals surface area contributed by atoms with E-state index >= 15 is 0 Å². The Hall–Kier alpha value is -2.17. The molecule has 104 valence electrons. The Labute approximate surface area is 118 Å². The molecule has 2 aromatic heterocycles. The molecule has 5 heteroatoms. The van der Waals surface area contributed by atoms with Gasteiger partial charge in [0.2, 0.25) is 0 Å². The zero-order valence-electron chi connectivity index (χ0n) is 11.5. The largest absolute Gasteiger partial charge is 0.329 e. The average Bonchev–Trinajstić information content (AvgIpc) is 3.00. The minimum Gasteiger partial charge on any atom is -0.329 e. The molecule has 0 saturated carbocycles. The van der Waals surface area contributed by atoms with Gasteiger partial charge in [-0.15, -0.1) is 0 Å². The average molecular weight is 270 g/mol. The normalized spacial score (nSPS) is 19.1. The third kappa shape index (κ3) is 2.43. The summed E-state index contributed by atoms with van der Waals surface area (Å²) >= 11 is 0. The van der Waals surface area contributed by atoms with Crippen molar-refractivity contribution in [2.45, 2.75) is 32.2 Å². The third-order valence-corrected chi connectivity index (χ3v) is 3.75. The van der Waals surface area contributed by atoms with Crippen molar-refractivity contribution in [2.75, 3.05) is 6.54 Å². The molecule has 3 heterocycles. The van der Waals surface area contributed by atoms with E-state index in [9.17, 15) is 4.79 Å². The second kappa shape index (κ2) is 5.45. The van der Waals surface area contributed by atoms with E-state index in [-0.39, 0.29) is 11.9 Å². The second-order valence-electron chi connectivity index (χ2n) is 5.19. The van der Waals surface area contributed by atoms with Crippen LogP contribution in [0.15, 0.2) is 30.5 Å². The zero-order valence-corrected chi connectivity index (χ0v) is 11.5. The molecule has 1 aliphatic heterocycles. The molecule has 20 heavy (non-hydrogen) atoms. The van der Waals surface area contributed by atoms with Gasteiger partial charge in [-0.1, -0.05) is 6.07 Å². The lowest BCUT2D eigenvalue weighted by atomic mass is 9.99. The summed E-state index contributed by atoms with van der Waals surface area (Å²) in [6.45, 7) is 2.68. The maximum Gasteiger partial charge on any atom is 0.273 e. The minimum atomic E-state index is 0.00741. The van der Waals surface area contributed by atoms with Crippen LogP contribution in [0.4, 0.5) is 0 Å². The van der Waals surface area contributed by atoms with Gasteiger partial charge >= 0.3 is 0 Å². The van der Waals surface area contributed by atoms with E-state index in [0.717, 1.165) is 37.2 Å². The number of likely N-dealkylation sites (tertiary alicyclic amines) is 1. The number of amides is 1. The van der Waals surface area contributed by atoms with Gasteiger partial charge in [0.15, 0.2) is 0 Å². The molecule has 1 atom stereocenters. The molecule has 3 rings (SSSR count). The highest BCUT2D eigenvalue weighted by atomic mass is 16.2. The van der Waals surface area contributed by atoms with Crippen molar-refractivity contribution >= 4 is 5.91 Å². The third-order valence-electron chi connectivity index (χ3n) is 3.75. The summed E-state index contributed by atoms with van der Waals surface area (Å²) in [7, 11) is 0. The lowest BCUT2D eigenvalue weighted by Crippen LogP contribution is -2.39. The Morgan fingerprint density at radius 2 is 2.25 bits per heavy atom. The van der Waals surface area contributed by atoms with Crippen LogP contribution in [0.5, 0.6) is 0 Å². The lowest BCUT2D eigenvalue weighted by Gasteiger charge is -2.34. The first-order valence-electron chi connectivity index (χ1n) is 6.99. The van der Waals surface area contributed by atoms with Crippen molar-refractivity contribution < 1.29 is 4.79 Å². The number of nitrogens with zero attached hydrogens (tertiary/aromatic N) is 3. The van der Waals surface area contributed by atoms with Gasteiger partial charge in [-0.25, -0.2) is 4.98 Å². The fourth-order valence-corrected chi connectivity index (χ4v) is 2.76. The fourth-order valence-electron chi connectivity index (χ4n) is 2.76. The van der Waals surface area contributed by atoms with Crippen LogP contribution in [0.3, 0.4) is 0 Å². The number of aryl methyl sites for hydroxylation is 1. The molecule has 0 radical (unpaired) electrons. The van der Waals surface area contributed by atoms with E-state index in [1.165, 1.54) is 0 Å². The number of piperidine rings is 1. The molecular formula is C15H18N4O. The molecule has 1 saturated heterocycles. The Morgan fingerprint density at radius 1 is 1.35 bits per heavy atom. The first-order chi connectivity index (χ1) is 9.75. The molecule has 1 unspecified atom stereocenters. The molecule has 1 N–H and O–H groups in total. The van der Waals surface area contributed by atoms with E-state index in [1.807, 2.05) is 30.0 Å². The highest BCUT2D eigenvalue weighted by Crippen LogP contribution is 2.30. The van der Waals surface area contributed by atoms with Gasteiger partial charge in [0.25, 0.3) is 5.91 Å². The SMILES string of the molecule is Cc1cccc(C(=O)N2CCCCC2c2ccn[nH]2)n1. The molecule has 0 bridgehead atoms. The first-order valence-corrected chi connectivity index (χ1v) is 6.99. The van der Waals surface area contributed by atoms with E-state index in [0.29, 0.717) is 5.69 Å². The molecule has 0 aromatic carbocycles. The van der Waals surface area contributed by atoms with Gasteiger partial charge < -0.3 is 4.90 Å². The number of nitrogens with one attached hydrogen (secondary N) is 1. The Bertz CT molecular complexity index is 594. The van der Waals surface area contributed by atoms with Gasteiger partial charge in [0.1, 0.15) is 5.69 Å².